The van der Waals surface area contributed by atoms with Crippen LogP contribution in [0.5, 0.6) is 0 Å². The maximum atomic E-state index is 12.8. The maximum Gasteiger partial charge on any atom is 0.451 e. The van der Waals surface area contributed by atoms with Crippen LogP contribution in [0.4, 0.5) is 24.8 Å². The van der Waals surface area contributed by atoms with E-state index >= 15 is 0 Å². The lowest BCUT2D eigenvalue weighted by Crippen LogP contribution is -2.25. The lowest BCUT2D eigenvalue weighted by molar-refractivity contribution is -0.144. The van der Waals surface area contributed by atoms with E-state index in [9.17, 15) is 13.2 Å². The summed E-state index contributed by atoms with van der Waals surface area (Å²) in [6.07, 6.45) is -3.74. The fourth-order valence-electron chi connectivity index (χ4n) is 1.74. The van der Waals surface area contributed by atoms with Gasteiger partial charge in [0.25, 0.3) is 0 Å². The van der Waals surface area contributed by atoms with Gasteiger partial charge in [0.15, 0.2) is 0 Å². The Morgan fingerprint density at radius 2 is 1.95 bits per heavy atom. The first-order chi connectivity index (χ1) is 9.24. The van der Waals surface area contributed by atoms with E-state index in [2.05, 4.69) is 15.3 Å². The predicted octanol–water partition coefficient (Wildman–Crippen LogP) is 3.41. The van der Waals surface area contributed by atoms with Crippen LogP contribution in [-0.4, -0.2) is 30.1 Å². The molecule has 0 amide bonds. The first kappa shape index (κ1) is 16.5. The van der Waals surface area contributed by atoms with Crippen LogP contribution in [0.2, 0.25) is 0 Å². The molecule has 0 aliphatic heterocycles. The summed E-state index contributed by atoms with van der Waals surface area (Å²) in [6.45, 7) is 7.13. The van der Waals surface area contributed by atoms with Crippen molar-refractivity contribution in [3.05, 3.63) is 11.9 Å². The van der Waals surface area contributed by atoms with Crippen LogP contribution >= 0.6 is 0 Å². The Labute approximate surface area is 117 Å². The number of alkyl halides is 3. The Balaban J connectivity index is 3.09. The van der Waals surface area contributed by atoms with Crippen molar-refractivity contribution in [3.63, 3.8) is 0 Å². The zero-order chi connectivity index (χ0) is 15.3. The minimum Gasteiger partial charge on any atom is -0.370 e. The molecule has 20 heavy (non-hydrogen) atoms. The molecule has 7 heteroatoms. The lowest BCUT2D eigenvalue weighted by atomic mass is 10.2. The number of hydrogen-bond acceptors (Lipinski definition) is 4. The molecule has 0 bridgehead atoms. The van der Waals surface area contributed by atoms with Crippen molar-refractivity contribution in [2.24, 2.45) is 5.92 Å². The van der Waals surface area contributed by atoms with E-state index in [1.54, 1.807) is 18.0 Å². The number of anilines is 2. The van der Waals surface area contributed by atoms with E-state index in [0.717, 1.165) is 6.42 Å². The molecule has 1 aromatic rings. The molecule has 0 saturated heterocycles. The van der Waals surface area contributed by atoms with Gasteiger partial charge in [0.05, 0.1) is 0 Å². The Kier molecular flexibility index (Phi) is 5.59. The highest BCUT2D eigenvalue weighted by atomic mass is 19.4. The van der Waals surface area contributed by atoms with Crippen LogP contribution in [-0.2, 0) is 6.18 Å². The molecule has 1 heterocycles. The summed E-state index contributed by atoms with van der Waals surface area (Å²) < 4.78 is 38.5. The van der Waals surface area contributed by atoms with Gasteiger partial charge >= 0.3 is 6.18 Å². The molecule has 0 radical (unpaired) electrons. The van der Waals surface area contributed by atoms with E-state index < -0.39 is 12.0 Å². The highest BCUT2D eigenvalue weighted by Crippen LogP contribution is 2.29. The highest BCUT2D eigenvalue weighted by molar-refractivity contribution is 5.49. The van der Waals surface area contributed by atoms with Crippen molar-refractivity contribution >= 4 is 11.6 Å². The van der Waals surface area contributed by atoms with Gasteiger partial charge in [0.1, 0.15) is 11.6 Å². The molecule has 0 saturated carbocycles. The summed E-state index contributed by atoms with van der Waals surface area (Å²) in [7, 11) is 1.73. The second kappa shape index (κ2) is 6.76. The van der Waals surface area contributed by atoms with Gasteiger partial charge in [-0.2, -0.15) is 13.2 Å². The number of rotatable bonds is 6. The highest BCUT2D eigenvalue weighted by Gasteiger charge is 2.35. The van der Waals surface area contributed by atoms with Gasteiger partial charge in [-0.1, -0.05) is 20.8 Å². The quantitative estimate of drug-likeness (QED) is 0.871. The van der Waals surface area contributed by atoms with Crippen molar-refractivity contribution in [2.45, 2.75) is 33.4 Å². The minimum absolute atomic E-state index is 0.208. The maximum absolute atomic E-state index is 12.8. The average Bonchev–Trinajstić information content (AvgIpc) is 2.34. The SMILES string of the molecule is CCCNc1cc(N(C)CC(C)C)nc(C(F)(F)F)n1. The molecule has 114 valence electrons. The third kappa shape index (κ3) is 4.86. The molecule has 1 rings (SSSR count). The molecule has 0 fully saturated rings. The van der Waals surface area contributed by atoms with E-state index in [1.807, 2.05) is 20.8 Å². The molecule has 4 nitrogen and oxygen atoms in total. The molecule has 1 aromatic heterocycles. The van der Waals surface area contributed by atoms with E-state index in [1.165, 1.54) is 0 Å². The Hall–Kier alpha value is -1.53. The Morgan fingerprint density at radius 1 is 1.30 bits per heavy atom. The number of aromatic nitrogens is 2. The zero-order valence-corrected chi connectivity index (χ0v) is 12.3. The van der Waals surface area contributed by atoms with Crippen LogP contribution in [0.1, 0.15) is 33.0 Å². The van der Waals surface area contributed by atoms with Crippen LogP contribution in [0.15, 0.2) is 6.07 Å². The molecule has 1 N–H and O–H groups in total. The molecular weight excluding hydrogens is 269 g/mol. The standard InChI is InChI=1S/C13H21F3N4/c1-5-6-17-10-7-11(20(4)8-9(2)3)19-12(18-10)13(14,15)16/h7,9H,5-6,8H2,1-4H3,(H,17,18,19). The molecular formula is C13H21F3N4. The number of nitrogens with one attached hydrogen (secondary N) is 1. The Morgan fingerprint density at radius 3 is 2.45 bits per heavy atom. The predicted molar refractivity (Wildman–Crippen MR) is 73.9 cm³/mol. The lowest BCUT2D eigenvalue weighted by Gasteiger charge is -2.22. The summed E-state index contributed by atoms with van der Waals surface area (Å²) in [4.78, 5) is 8.85. The van der Waals surface area contributed by atoms with Gasteiger partial charge in [0.2, 0.25) is 5.82 Å². The molecule has 0 spiro atoms. The van der Waals surface area contributed by atoms with Gasteiger partial charge in [0, 0.05) is 26.2 Å². The first-order valence-electron chi connectivity index (χ1n) is 6.65. The molecule has 0 aliphatic carbocycles. The first-order valence-corrected chi connectivity index (χ1v) is 6.65. The largest absolute Gasteiger partial charge is 0.451 e. The van der Waals surface area contributed by atoms with Crippen molar-refractivity contribution in [1.29, 1.82) is 0 Å². The molecule has 0 aliphatic rings. The van der Waals surface area contributed by atoms with Crippen molar-refractivity contribution in [1.82, 2.24) is 9.97 Å². The van der Waals surface area contributed by atoms with Gasteiger partial charge in [-0.15, -0.1) is 0 Å². The number of nitrogens with zero attached hydrogens (tertiary/aromatic N) is 3. The normalized spacial score (nSPS) is 11.8. The fraction of sp³-hybridized carbons (Fsp3) is 0.692. The summed E-state index contributed by atoms with van der Waals surface area (Å²) in [5.41, 5.74) is 0. The van der Waals surface area contributed by atoms with Gasteiger partial charge < -0.3 is 10.2 Å². The number of hydrogen-bond donors (Lipinski definition) is 1. The van der Waals surface area contributed by atoms with Gasteiger partial charge in [-0.05, 0) is 12.3 Å². The second-order valence-corrected chi connectivity index (χ2v) is 5.13. The smallest absolute Gasteiger partial charge is 0.370 e. The minimum atomic E-state index is -4.54. The summed E-state index contributed by atoms with van der Waals surface area (Å²) in [5, 5.41) is 2.88. The topological polar surface area (TPSA) is 41.0 Å². The van der Waals surface area contributed by atoms with E-state index in [4.69, 9.17) is 0 Å². The summed E-state index contributed by atoms with van der Waals surface area (Å²) >= 11 is 0. The average molecular weight is 290 g/mol. The van der Waals surface area contributed by atoms with Crippen molar-refractivity contribution in [3.8, 4) is 0 Å². The molecule has 0 atom stereocenters. The number of halogens is 3. The van der Waals surface area contributed by atoms with Crippen LogP contribution in [0.3, 0.4) is 0 Å². The van der Waals surface area contributed by atoms with Crippen molar-refractivity contribution < 1.29 is 13.2 Å². The zero-order valence-electron chi connectivity index (χ0n) is 12.3. The third-order valence-corrected chi connectivity index (χ3v) is 2.55. The third-order valence-electron chi connectivity index (χ3n) is 2.55. The Bertz CT molecular complexity index is 432. The van der Waals surface area contributed by atoms with Crippen molar-refractivity contribution in [2.75, 3.05) is 30.4 Å². The summed E-state index contributed by atoms with van der Waals surface area (Å²) in [5.74, 6) is -0.292. The summed E-state index contributed by atoms with van der Waals surface area (Å²) in [6, 6.07) is 1.55. The van der Waals surface area contributed by atoms with Crippen LogP contribution in [0.25, 0.3) is 0 Å². The van der Waals surface area contributed by atoms with Gasteiger partial charge in [-0.25, -0.2) is 9.97 Å². The molecule has 0 aromatic carbocycles. The molecule has 0 unspecified atom stereocenters. The van der Waals surface area contributed by atoms with E-state index in [-0.39, 0.29) is 11.6 Å². The van der Waals surface area contributed by atoms with E-state index in [0.29, 0.717) is 19.0 Å². The van der Waals surface area contributed by atoms with Crippen LogP contribution in [0, 0.1) is 5.92 Å². The van der Waals surface area contributed by atoms with Crippen LogP contribution < -0.4 is 10.2 Å². The monoisotopic (exact) mass is 290 g/mol. The van der Waals surface area contributed by atoms with Gasteiger partial charge in [-0.3, -0.25) is 0 Å². The fourth-order valence-corrected chi connectivity index (χ4v) is 1.74. The second-order valence-electron chi connectivity index (χ2n) is 5.13.